The lowest BCUT2D eigenvalue weighted by Gasteiger charge is -2.13. The number of methoxy groups -OCH3 is 1. The van der Waals surface area contributed by atoms with Crippen LogP contribution in [0.1, 0.15) is 22.3 Å². The Morgan fingerprint density at radius 1 is 1.03 bits per heavy atom. The molecule has 0 spiro atoms. The molecule has 1 amide bonds. The second-order valence-electron chi connectivity index (χ2n) is 8.37. The molecule has 0 heterocycles. The standard InChI is InChI=1S/C31H24ClIN2O3/c1-37-30-17-22(16-29(33)27(30)18-23-9-5-6-10-28(23)32)15-24(19-34)31(36)35-25-11-13-26(14-12-25)38-20-21-7-3-2-4-8-21/h2-17H,18,20H2,1H3,(H,35,36)/b24-15+. The zero-order valence-electron chi connectivity index (χ0n) is 20.6. The van der Waals surface area contributed by atoms with Crippen LogP contribution in [0.15, 0.2) is 96.6 Å². The summed E-state index contributed by atoms with van der Waals surface area (Å²) in [6, 6.07) is 30.3. The van der Waals surface area contributed by atoms with Crippen LogP contribution in [-0.2, 0) is 17.8 Å². The van der Waals surface area contributed by atoms with Gasteiger partial charge in [0, 0.05) is 26.3 Å². The van der Waals surface area contributed by atoms with Crippen molar-refractivity contribution < 1.29 is 14.3 Å². The number of carbonyl (C=O) groups excluding carboxylic acids is 1. The lowest BCUT2D eigenvalue weighted by Crippen LogP contribution is -2.13. The number of hydrogen-bond donors (Lipinski definition) is 1. The molecule has 0 saturated carbocycles. The minimum Gasteiger partial charge on any atom is -0.496 e. The number of benzene rings is 4. The molecule has 190 valence electrons. The molecule has 0 fully saturated rings. The number of nitriles is 1. The van der Waals surface area contributed by atoms with Crippen molar-refractivity contribution in [2.24, 2.45) is 0 Å². The van der Waals surface area contributed by atoms with Crippen molar-refractivity contribution in [2.75, 3.05) is 12.4 Å². The molecule has 1 N–H and O–H groups in total. The second kappa shape index (κ2) is 13.1. The second-order valence-corrected chi connectivity index (χ2v) is 9.94. The van der Waals surface area contributed by atoms with Gasteiger partial charge < -0.3 is 14.8 Å². The van der Waals surface area contributed by atoms with E-state index in [1.165, 1.54) is 0 Å². The van der Waals surface area contributed by atoms with Gasteiger partial charge in [-0.1, -0.05) is 60.1 Å². The fourth-order valence-corrected chi connectivity index (χ4v) is 4.81. The lowest BCUT2D eigenvalue weighted by molar-refractivity contribution is -0.112. The van der Waals surface area contributed by atoms with Crippen molar-refractivity contribution in [1.82, 2.24) is 0 Å². The fraction of sp³-hybridized carbons (Fsp3) is 0.0968. The van der Waals surface area contributed by atoms with E-state index in [1.54, 1.807) is 37.5 Å². The Hall–Kier alpha value is -3.80. The van der Waals surface area contributed by atoms with Gasteiger partial charge in [0.2, 0.25) is 0 Å². The Morgan fingerprint density at radius 2 is 1.74 bits per heavy atom. The molecule has 38 heavy (non-hydrogen) atoms. The highest BCUT2D eigenvalue weighted by atomic mass is 127. The van der Waals surface area contributed by atoms with Crippen LogP contribution in [0.2, 0.25) is 5.02 Å². The molecule has 4 rings (SSSR count). The SMILES string of the molecule is COc1cc(/C=C(\C#N)C(=O)Nc2ccc(OCc3ccccc3)cc2)cc(I)c1Cc1ccccc1Cl. The van der Waals surface area contributed by atoms with Crippen molar-refractivity contribution in [3.05, 3.63) is 127 Å². The predicted molar refractivity (Wildman–Crippen MR) is 159 cm³/mol. The summed E-state index contributed by atoms with van der Waals surface area (Å²) in [5.41, 5.74) is 4.26. The summed E-state index contributed by atoms with van der Waals surface area (Å²) in [5, 5.41) is 13.2. The van der Waals surface area contributed by atoms with Gasteiger partial charge in [0.15, 0.2) is 0 Å². The third kappa shape index (κ3) is 7.15. The molecule has 5 nitrogen and oxygen atoms in total. The van der Waals surface area contributed by atoms with Crippen LogP contribution < -0.4 is 14.8 Å². The van der Waals surface area contributed by atoms with E-state index < -0.39 is 5.91 Å². The number of anilines is 1. The molecule has 4 aromatic carbocycles. The highest BCUT2D eigenvalue weighted by molar-refractivity contribution is 14.1. The zero-order chi connectivity index (χ0) is 26.9. The summed E-state index contributed by atoms with van der Waals surface area (Å²) in [4.78, 5) is 12.8. The van der Waals surface area contributed by atoms with Crippen LogP contribution >= 0.6 is 34.2 Å². The molecule has 0 aliphatic rings. The Bertz CT molecular complexity index is 1500. The van der Waals surface area contributed by atoms with E-state index in [-0.39, 0.29) is 5.57 Å². The summed E-state index contributed by atoms with van der Waals surface area (Å²) in [7, 11) is 1.60. The van der Waals surface area contributed by atoms with Gasteiger partial charge in [-0.3, -0.25) is 4.79 Å². The van der Waals surface area contributed by atoms with Crippen LogP contribution in [0.4, 0.5) is 5.69 Å². The number of amides is 1. The molecular formula is C31H24ClIN2O3. The number of nitrogens with zero attached hydrogens (tertiary/aromatic N) is 1. The Labute approximate surface area is 240 Å². The van der Waals surface area contributed by atoms with Crippen molar-refractivity contribution >= 4 is 51.9 Å². The van der Waals surface area contributed by atoms with E-state index in [2.05, 4.69) is 27.9 Å². The largest absolute Gasteiger partial charge is 0.496 e. The first-order chi connectivity index (χ1) is 18.5. The summed E-state index contributed by atoms with van der Waals surface area (Å²) < 4.78 is 12.4. The van der Waals surface area contributed by atoms with Crippen molar-refractivity contribution in [1.29, 1.82) is 5.26 Å². The van der Waals surface area contributed by atoms with E-state index in [0.717, 1.165) is 20.3 Å². The van der Waals surface area contributed by atoms with Gasteiger partial charge in [-0.2, -0.15) is 5.26 Å². The monoisotopic (exact) mass is 634 g/mol. The summed E-state index contributed by atoms with van der Waals surface area (Å²) >= 11 is 8.59. The van der Waals surface area contributed by atoms with E-state index in [1.807, 2.05) is 72.8 Å². The third-order valence-electron chi connectivity index (χ3n) is 5.76. The van der Waals surface area contributed by atoms with Gasteiger partial charge >= 0.3 is 0 Å². The van der Waals surface area contributed by atoms with Crippen molar-refractivity contribution in [3.63, 3.8) is 0 Å². The van der Waals surface area contributed by atoms with Crippen LogP contribution in [-0.4, -0.2) is 13.0 Å². The van der Waals surface area contributed by atoms with Crippen LogP contribution in [0, 0.1) is 14.9 Å². The maximum absolute atomic E-state index is 12.8. The molecule has 0 unspecified atom stereocenters. The van der Waals surface area contributed by atoms with Crippen LogP contribution in [0.25, 0.3) is 6.08 Å². The Kier molecular flexibility index (Phi) is 9.41. The molecule has 0 saturated heterocycles. The number of hydrogen-bond acceptors (Lipinski definition) is 4. The molecule has 0 bridgehead atoms. The number of carbonyl (C=O) groups is 1. The number of nitrogens with one attached hydrogen (secondary N) is 1. The van der Waals surface area contributed by atoms with Gasteiger partial charge in [0.25, 0.3) is 5.91 Å². The van der Waals surface area contributed by atoms with Gasteiger partial charge in [-0.15, -0.1) is 0 Å². The maximum Gasteiger partial charge on any atom is 0.266 e. The molecule has 0 aromatic heterocycles. The van der Waals surface area contributed by atoms with Gasteiger partial charge in [0.1, 0.15) is 29.7 Å². The average Bonchev–Trinajstić information content (AvgIpc) is 2.94. The summed E-state index contributed by atoms with van der Waals surface area (Å²) in [6.45, 7) is 0.452. The Morgan fingerprint density at radius 3 is 2.42 bits per heavy atom. The van der Waals surface area contributed by atoms with Gasteiger partial charge in [-0.25, -0.2) is 0 Å². The van der Waals surface area contributed by atoms with E-state index in [4.69, 9.17) is 21.1 Å². The van der Waals surface area contributed by atoms with Crippen molar-refractivity contribution in [3.8, 4) is 17.6 Å². The quantitative estimate of drug-likeness (QED) is 0.117. The van der Waals surface area contributed by atoms with Crippen LogP contribution in [0.3, 0.4) is 0 Å². The molecule has 0 aliphatic heterocycles. The number of halogens is 2. The lowest BCUT2D eigenvalue weighted by atomic mass is 10.0. The molecule has 4 aromatic rings. The maximum atomic E-state index is 12.8. The number of ether oxygens (including phenoxy) is 2. The first kappa shape index (κ1) is 27.2. The van der Waals surface area contributed by atoms with Crippen molar-refractivity contribution in [2.45, 2.75) is 13.0 Å². The first-order valence-corrected chi connectivity index (χ1v) is 13.2. The third-order valence-corrected chi connectivity index (χ3v) is 7.09. The van der Waals surface area contributed by atoms with Gasteiger partial charge in [-0.05, 0) is 87.8 Å². The predicted octanol–water partition coefficient (Wildman–Crippen LogP) is 7.67. The van der Waals surface area contributed by atoms with Gasteiger partial charge in [0.05, 0.1) is 7.11 Å². The highest BCUT2D eigenvalue weighted by Gasteiger charge is 2.15. The first-order valence-electron chi connectivity index (χ1n) is 11.8. The van der Waals surface area contributed by atoms with Crippen LogP contribution in [0.5, 0.6) is 11.5 Å². The highest BCUT2D eigenvalue weighted by Crippen LogP contribution is 2.31. The van der Waals surface area contributed by atoms with E-state index in [0.29, 0.717) is 40.8 Å². The minimum absolute atomic E-state index is 0.0221. The Balaban J connectivity index is 1.46. The normalized spacial score (nSPS) is 10.9. The summed E-state index contributed by atoms with van der Waals surface area (Å²) in [6.07, 6.45) is 2.15. The average molecular weight is 635 g/mol. The molecule has 0 radical (unpaired) electrons. The number of rotatable bonds is 9. The van der Waals surface area contributed by atoms with E-state index in [9.17, 15) is 10.1 Å². The molecule has 0 aliphatic carbocycles. The topological polar surface area (TPSA) is 71.3 Å². The fourth-order valence-electron chi connectivity index (χ4n) is 3.79. The minimum atomic E-state index is -0.500. The molecular weight excluding hydrogens is 611 g/mol. The molecule has 7 heteroatoms. The smallest absolute Gasteiger partial charge is 0.266 e. The summed E-state index contributed by atoms with van der Waals surface area (Å²) in [5.74, 6) is 0.841. The van der Waals surface area contributed by atoms with E-state index >= 15 is 0 Å². The molecule has 0 atom stereocenters. The zero-order valence-corrected chi connectivity index (χ0v) is 23.5.